The maximum Gasteiger partial charge on any atom is 0.276 e. The van der Waals surface area contributed by atoms with Crippen LogP contribution in [-0.2, 0) is 11.2 Å². The number of nitrogen functional groups attached to an aromatic ring is 1. The number of nitrogens with two attached hydrogens (primary N) is 1. The molecule has 19 heavy (non-hydrogen) atoms. The van der Waals surface area contributed by atoms with Crippen LogP contribution in [0.25, 0.3) is 0 Å². The fourth-order valence-corrected chi connectivity index (χ4v) is 1.65. The van der Waals surface area contributed by atoms with Crippen molar-refractivity contribution in [3.63, 3.8) is 0 Å². The molecule has 0 aliphatic carbocycles. The molecule has 1 rings (SSSR count). The summed E-state index contributed by atoms with van der Waals surface area (Å²) in [5, 5.41) is 9.34. The predicted molar refractivity (Wildman–Crippen MR) is 72.6 cm³/mol. The SMILES string of the molecule is CCc1[nH]nc(C(=O)N(C)CC(=O)NC(C)C)c1N. The van der Waals surface area contributed by atoms with Gasteiger partial charge in [0.25, 0.3) is 5.91 Å². The lowest BCUT2D eigenvalue weighted by Crippen LogP contribution is -2.41. The second-order valence-corrected chi connectivity index (χ2v) is 4.70. The van der Waals surface area contributed by atoms with E-state index in [0.29, 0.717) is 12.1 Å². The molecular weight excluding hydrogens is 246 g/mol. The Morgan fingerprint density at radius 3 is 2.58 bits per heavy atom. The summed E-state index contributed by atoms with van der Waals surface area (Å²) in [7, 11) is 1.54. The zero-order chi connectivity index (χ0) is 14.6. The van der Waals surface area contributed by atoms with Gasteiger partial charge in [-0.05, 0) is 20.3 Å². The van der Waals surface area contributed by atoms with Crippen molar-refractivity contribution in [3.8, 4) is 0 Å². The lowest BCUT2D eigenvalue weighted by Gasteiger charge is -2.17. The molecule has 0 saturated carbocycles. The molecule has 0 radical (unpaired) electrons. The monoisotopic (exact) mass is 267 g/mol. The third-order valence-corrected chi connectivity index (χ3v) is 2.62. The first kappa shape index (κ1) is 15.0. The molecule has 7 heteroatoms. The zero-order valence-corrected chi connectivity index (χ0v) is 11.8. The van der Waals surface area contributed by atoms with Crippen molar-refractivity contribution < 1.29 is 9.59 Å². The Morgan fingerprint density at radius 1 is 1.47 bits per heavy atom. The van der Waals surface area contributed by atoms with Crippen molar-refractivity contribution in [1.82, 2.24) is 20.4 Å². The molecule has 1 aromatic heterocycles. The van der Waals surface area contributed by atoms with Crippen molar-refractivity contribution in [3.05, 3.63) is 11.4 Å². The second-order valence-electron chi connectivity index (χ2n) is 4.70. The van der Waals surface area contributed by atoms with Crippen molar-refractivity contribution in [1.29, 1.82) is 0 Å². The molecule has 0 unspecified atom stereocenters. The highest BCUT2D eigenvalue weighted by Gasteiger charge is 2.21. The highest BCUT2D eigenvalue weighted by Crippen LogP contribution is 2.15. The number of aromatic nitrogens is 2. The van der Waals surface area contributed by atoms with Gasteiger partial charge in [-0.3, -0.25) is 14.7 Å². The Kier molecular flexibility index (Phi) is 4.91. The van der Waals surface area contributed by atoms with E-state index in [1.54, 1.807) is 7.05 Å². The Balaban J connectivity index is 2.71. The summed E-state index contributed by atoms with van der Waals surface area (Å²) in [6, 6.07) is 0.0400. The van der Waals surface area contributed by atoms with Crippen LogP contribution in [0.5, 0.6) is 0 Å². The summed E-state index contributed by atoms with van der Waals surface area (Å²) >= 11 is 0. The largest absolute Gasteiger partial charge is 0.395 e. The standard InChI is InChI=1S/C12H21N5O2/c1-5-8-10(13)11(16-15-8)12(19)17(4)6-9(18)14-7(2)3/h7H,5-6,13H2,1-4H3,(H,14,18)(H,15,16). The van der Waals surface area contributed by atoms with Gasteiger partial charge in [0.05, 0.1) is 17.9 Å². The van der Waals surface area contributed by atoms with Crippen LogP contribution in [0.1, 0.15) is 37.0 Å². The molecule has 0 aliphatic rings. The number of nitrogens with zero attached hydrogens (tertiary/aromatic N) is 2. The van der Waals surface area contributed by atoms with Crippen LogP contribution in [0.2, 0.25) is 0 Å². The Hall–Kier alpha value is -2.05. The molecule has 0 saturated heterocycles. The number of aromatic amines is 1. The minimum Gasteiger partial charge on any atom is -0.395 e. The summed E-state index contributed by atoms with van der Waals surface area (Å²) in [5.74, 6) is -0.581. The number of carbonyl (C=O) groups excluding carboxylic acids is 2. The van der Waals surface area contributed by atoms with E-state index in [2.05, 4.69) is 15.5 Å². The van der Waals surface area contributed by atoms with Crippen LogP contribution in [0.3, 0.4) is 0 Å². The van der Waals surface area contributed by atoms with Crippen LogP contribution in [0.15, 0.2) is 0 Å². The van der Waals surface area contributed by atoms with E-state index in [0.717, 1.165) is 5.69 Å². The lowest BCUT2D eigenvalue weighted by molar-refractivity contribution is -0.122. The molecule has 1 aromatic rings. The highest BCUT2D eigenvalue weighted by atomic mass is 16.2. The van der Waals surface area contributed by atoms with Crippen LogP contribution in [0.4, 0.5) is 5.69 Å². The molecule has 2 amide bonds. The molecule has 0 aliphatic heterocycles. The average molecular weight is 267 g/mol. The van der Waals surface area contributed by atoms with Crippen molar-refractivity contribution in [2.75, 3.05) is 19.3 Å². The van der Waals surface area contributed by atoms with Crippen LogP contribution >= 0.6 is 0 Å². The Bertz CT molecular complexity index is 467. The van der Waals surface area contributed by atoms with Gasteiger partial charge in [0, 0.05) is 13.1 Å². The third-order valence-electron chi connectivity index (χ3n) is 2.62. The van der Waals surface area contributed by atoms with Gasteiger partial charge < -0.3 is 16.0 Å². The van der Waals surface area contributed by atoms with Crippen LogP contribution in [0, 0.1) is 0 Å². The first-order valence-corrected chi connectivity index (χ1v) is 6.24. The normalized spacial score (nSPS) is 10.6. The van der Waals surface area contributed by atoms with Gasteiger partial charge in [-0.15, -0.1) is 0 Å². The molecular formula is C12H21N5O2. The number of hydrogen-bond acceptors (Lipinski definition) is 4. The summed E-state index contributed by atoms with van der Waals surface area (Å²) in [5.41, 5.74) is 7.06. The fourth-order valence-electron chi connectivity index (χ4n) is 1.65. The van der Waals surface area contributed by atoms with E-state index in [1.165, 1.54) is 4.90 Å². The van der Waals surface area contributed by atoms with E-state index >= 15 is 0 Å². The number of amides is 2. The van der Waals surface area contributed by atoms with Gasteiger partial charge in [-0.25, -0.2) is 0 Å². The van der Waals surface area contributed by atoms with Crippen LogP contribution in [-0.4, -0.2) is 46.5 Å². The number of likely N-dealkylation sites (N-methyl/N-ethyl adjacent to an activating group) is 1. The first-order valence-electron chi connectivity index (χ1n) is 6.24. The third kappa shape index (κ3) is 3.70. The maximum absolute atomic E-state index is 12.1. The van der Waals surface area contributed by atoms with Crippen molar-refractivity contribution in [2.45, 2.75) is 33.2 Å². The molecule has 4 N–H and O–H groups in total. The van der Waals surface area contributed by atoms with Crippen molar-refractivity contribution in [2.24, 2.45) is 0 Å². The number of anilines is 1. The van der Waals surface area contributed by atoms with Crippen molar-refractivity contribution >= 4 is 17.5 Å². The summed E-state index contributed by atoms with van der Waals surface area (Å²) in [6.45, 7) is 5.61. The second kappa shape index (κ2) is 6.21. The summed E-state index contributed by atoms with van der Waals surface area (Å²) in [4.78, 5) is 25.0. The van der Waals surface area contributed by atoms with Gasteiger partial charge in [-0.1, -0.05) is 6.92 Å². The molecule has 0 spiro atoms. The molecule has 0 aromatic carbocycles. The number of carbonyl (C=O) groups is 2. The zero-order valence-electron chi connectivity index (χ0n) is 11.8. The van der Waals surface area contributed by atoms with E-state index in [4.69, 9.17) is 5.73 Å². The molecule has 106 valence electrons. The quantitative estimate of drug-likeness (QED) is 0.706. The van der Waals surface area contributed by atoms with Gasteiger partial charge in [-0.2, -0.15) is 5.10 Å². The fraction of sp³-hybridized carbons (Fsp3) is 0.583. The van der Waals surface area contributed by atoms with E-state index < -0.39 is 0 Å². The average Bonchev–Trinajstić information content (AvgIpc) is 2.68. The maximum atomic E-state index is 12.1. The highest BCUT2D eigenvalue weighted by molar-refractivity contribution is 5.99. The minimum atomic E-state index is -0.368. The molecule has 0 bridgehead atoms. The van der Waals surface area contributed by atoms with Gasteiger partial charge >= 0.3 is 0 Å². The molecule has 0 fully saturated rings. The summed E-state index contributed by atoms with van der Waals surface area (Å²) in [6.07, 6.45) is 0.670. The number of hydrogen-bond donors (Lipinski definition) is 3. The number of rotatable bonds is 5. The van der Waals surface area contributed by atoms with Crippen LogP contribution < -0.4 is 11.1 Å². The molecule has 7 nitrogen and oxygen atoms in total. The van der Waals surface area contributed by atoms with E-state index in [-0.39, 0.29) is 30.1 Å². The number of H-pyrrole nitrogens is 1. The topological polar surface area (TPSA) is 104 Å². The van der Waals surface area contributed by atoms with E-state index in [1.807, 2.05) is 20.8 Å². The van der Waals surface area contributed by atoms with E-state index in [9.17, 15) is 9.59 Å². The first-order chi connectivity index (χ1) is 8.86. The van der Waals surface area contributed by atoms with Gasteiger partial charge in [0.1, 0.15) is 0 Å². The smallest absolute Gasteiger partial charge is 0.276 e. The minimum absolute atomic E-state index is 0.0230. The summed E-state index contributed by atoms with van der Waals surface area (Å²) < 4.78 is 0. The number of nitrogens with one attached hydrogen (secondary N) is 2. The number of aryl methyl sites for hydroxylation is 1. The van der Waals surface area contributed by atoms with Gasteiger partial charge in [0.2, 0.25) is 5.91 Å². The molecule has 1 heterocycles. The Labute approximate surface area is 112 Å². The Morgan fingerprint density at radius 2 is 2.11 bits per heavy atom. The predicted octanol–water partition coefficient (Wildman–Crippen LogP) is 0.151. The molecule has 0 atom stereocenters. The van der Waals surface area contributed by atoms with Gasteiger partial charge in [0.15, 0.2) is 5.69 Å². The lowest BCUT2D eigenvalue weighted by atomic mass is 10.2.